The minimum atomic E-state index is -1.76. The van der Waals surface area contributed by atoms with E-state index in [0.717, 1.165) is 64.2 Å². The lowest BCUT2D eigenvalue weighted by atomic mass is 9.98. The summed E-state index contributed by atoms with van der Waals surface area (Å²) in [5.41, 5.74) is 0. The second-order valence-electron chi connectivity index (χ2n) is 16.9. The van der Waals surface area contributed by atoms with Crippen LogP contribution in [0.3, 0.4) is 0 Å². The first-order valence-electron chi connectivity index (χ1n) is 23.9. The summed E-state index contributed by atoms with van der Waals surface area (Å²) in [5.74, 6) is -0.936. The van der Waals surface area contributed by atoms with Crippen molar-refractivity contribution in [2.24, 2.45) is 0 Å². The molecule has 0 aromatic rings. The van der Waals surface area contributed by atoms with E-state index in [1.54, 1.807) is 0 Å². The molecule has 0 aliphatic carbocycles. The average Bonchev–Trinajstić information content (AvgIpc) is 3.26. The van der Waals surface area contributed by atoms with Crippen molar-refractivity contribution in [3.63, 3.8) is 0 Å². The summed E-state index contributed by atoms with van der Waals surface area (Å²) in [5, 5.41) is 71.8. The first kappa shape index (κ1) is 56.1. The van der Waals surface area contributed by atoms with E-state index in [0.29, 0.717) is 12.8 Å². The molecule has 0 aromatic heterocycles. The van der Waals surface area contributed by atoms with Crippen LogP contribution in [0.25, 0.3) is 0 Å². The highest BCUT2D eigenvalue weighted by molar-refractivity contribution is 5.70. The van der Waals surface area contributed by atoms with E-state index in [-0.39, 0.29) is 26.1 Å². The number of allylic oxidation sites excluding steroid dienone is 4. The molecule has 0 aromatic carbocycles. The Kier molecular flexibility index (Phi) is 31.9. The minimum absolute atomic E-state index is 0.158. The van der Waals surface area contributed by atoms with Gasteiger partial charge < -0.3 is 64.2 Å². The van der Waals surface area contributed by atoms with Crippen LogP contribution < -0.4 is 0 Å². The van der Waals surface area contributed by atoms with Crippen LogP contribution in [-0.2, 0) is 38.0 Å². The summed E-state index contributed by atoms with van der Waals surface area (Å²) < 4.78 is 33.4. The summed E-state index contributed by atoms with van der Waals surface area (Å²) in [6.07, 6.45) is 16.6. The molecule has 15 nitrogen and oxygen atoms in total. The molecule has 2 saturated heterocycles. The van der Waals surface area contributed by atoms with Gasteiger partial charge in [0.15, 0.2) is 18.7 Å². The molecule has 2 aliphatic heterocycles. The Hall–Kier alpha value is -2.02. The second-order valence-corrected chi connectivity index (χ2v) is 16.9. The molecule has 2 heterocycles. The highest BCUT2D eigenvalue weighted by atomic mass is 16.7. The Morgan fingerprint density at radius 2 is 0.968 bits per heavy atom. The third-order valence-electron chi connectivity index (χ3n) is 11.4. The molecule has 0 bridgehead atoms. The van der Waals surface area contributed by atoms with Gasteiger partial charge >= 0.3 is 11.9 Å². The van der Waals surface area contributed by atoms with Crippen LogP contribution in [0.15, 0.2) is 24.3 Å². The van der Waals surface area contributed by atoms with Crippen molar-refractivity contribution >= 4 is 11.9 Å². The summed E-state index contributed by atoms with van der Waals surface area (Å²) in [6, 6.07) is 0. The Balaban J connectivity index is 1.81. The van der Waals surface area contributed by atoms with Gasteiger partial charge in [0, 0.05) is 12.8 Å². The van der Waals surface area contributed by atoms with Gasteiger partial charge in [-0.2, -0.15) is 0 Å². The minimum Gasteiger partial charge on any atom is -0.462 e. The molecule has 2 fully saturated rings. The maximum atomic E-state index is 12.9. The monoisotopic (exact) mass is 889 g/mol. The Morgan fingerprint density at radius 3 is 1.52 bits per heavy atom. The summed E-state index contributed by atoms with van der Waals surface area (Å²) in [4.78, 5) is 25.6. The van der Waals surface area contributed by atoms with Crippen LogP contribution in [0.1, 0.15) is 168 Å². The number of aliphatic hydroxyl groups excluding tert-OH is 7. The average molecular weight is 889 g/mol. The van der Waals surface area contributed by atoms with E-state index >= 15 is 0 Å². The molecule has 0 spiro atoms. The lowest BCUT2D eigenvalue weighted by Gasteiger charge is -2.42. The first-order chi connectivity index (χ1) is 30.0. The number of esters is 2. The smallest absolute Gasteiger partial charge is 0.306 e. The van der Waals surface area contributed by atoms with E-state index in [1.165, 1.54) is 64.2 Å². The van der Waals surface area contributed by atoms with Gasteiger partial charge in [-0.25, -0.2) is 0 Å². The van der Waals surface area contributed by atoms with Gasteiger partial charge in [0.05, 0.1) is 19.8 Å². The van der Waals surface area contributed by atoms with E-state index in [1.807, 2.05) is 0 Å². The maximum Gasteiger partial charge on any atom is 0.306 e. The number of carbonyl (C=O) groups is 2. The lowest BCUT2D eigenvalue weighted by Crippen LogP contribution is -2.61. The SMILES string of the molecule is CCCCCC/C=C\C/C=C\CCCCCCCCCC(=O)OC(COC(=O)CCCCCCCCCC)COC1OC(COC2OC(CO)C(O)C(O)C2O)C(O)C(O)C1O. The summed E-state index contributed by atoms with van der Waals surface area (Å²) in [7, 11) is 0. The predicted octanol–water partition coefficient (Wildman–Crippen LogP) is 5.60. The summed E-state index contributed by atoms with van der Waals surface area (Å²) in [6.45, 7) is 2.52. The lowest BCUT2D eigenvalue weighted by molar-refractivity contribution is -0.332. The zero-order chi connectivity index (χ0) is 45.4. The normalized spacial score (nSPS) is 27.2. The maximum absolute atomic E-state index is 12.9. The molecular formula is C47H84O15. The van der Waals surface area contributed by atoms with Crippen molar-refractivity contribution in [3.8, 4) is 0 Å². The van der Waals surface area contributed by atoms with Gasteiger partial charge in [0.25, 0.3) is 0 Å². The van der Waals surface area contributed by atoms with E-state index in [4.69, 9.17) is 28.4 Å². The number of ether oxygens (including phenoxy) is 6. The quantitative estimate of drug-likeness (QED) is 0.0231. The topological polar surface area (TPSA) is 231 Å². The van der Waals surface area contributed by atoms with Crippen molar-refractivity contribution < 1.29 is 73.8 Å². The van der Waals surface area contributed by atoms with Gasteiger partial charge in [-0.3, -0.25) is 9.59 Å². The number of rotatable bonds is 36. The molecule has 2 rings (SSSR count). The molecule has 62 heavy (non-hydrogen) atoms. The zero-order valence-electron chi connectivity index (χ0n) is 37.9. The molecule has 0 saturated carbocycles. The second kappa shape index (κ2) is 35.3. The number of hydrogen-bond acceptors (Lipinski definition) is 15. The van der Waals surface area contributed by atoms with Crippen LogP contribution in [0, 0.1) is 0 Å². The number of unbranched alkanes of at least 4 members (excludes halogenated alkanes) is 18. The molecule has 7 N–H and O–H groups in total. The fourth-order valence-electron chi connectivity index (χ4n) is 7.42. The van der Waals surface area contributed by atoms with Crippen molar-refractivity contribution in [3.05, 3.63) is 24.3 Å². The molecule has 2 aliphatic rings. The largest absolute Gasteiger partial charge is 0.462 e. The summed E-state index contributed by atoms with van der Waals surface area (Å²) >= 11 is 0. The van der Waals surface area contributed by atoms with Gasteiger partial charge in [-0.1, -0.05) is 134 Å². The molecular weight excluding hydrogens is 805 g/mol. The molecule has 362 valence electrons. The van der Waals surface area contributed by atoms with Crippen LogP contribution >= 0.6 is 0 Å². The number of carbonyl (C=O) groups excluding carboxylic acids is 2. The Bertz CT molecular complexity index is 1180. The first-order valence-corrected chi connectivity index (χ1v) is 23.9. The number of hydrogen-bond donors (Lipinski definition) is 7. The van der Waals surface area contributed by atoms with E-state index < -0.39 is 92.7 Å². The van der Waals surface area contributed by atoms with Gasteiger partial charge in [-0.05, 0) is 44.9 Å². The molecule has 11 atom stereocenters. The molecule has 15 heteroatoms. The third-order valence-corrected chi connectivity index (χ3v) is 11.4. The molecule has 0 amide bonds. The predicted molar refractivity (Wildman–Crippen MR) is 234 cm³/mol. The fraction of sp³-hybridized carbons (Fsp3) is 0.872. The number of aliphatic hydroxyl groups is 7. The van der Waals surface area contributed by atoms with Crippen LogP contribution in [0.2, 0.25) is 0 Å². The van der Waals surface area contributed by atoms with Gasteiger partial charge in [0.2, 0.25) is 0 Å². The van der Waals surface area contributed by atoms with Crippen molar-refractivity contribution in [2.45, 2.75) is 235 Å². The van der Waals surface area contributed by atoms with Crippen molar-refractivity contribution in [1.82, 2.24) is 0 Å². The van der Waals surface area contributed by atoms with Crippen molar-refractivity contribution in [1.29, 1.82) is 0 Å². The van der Waals surface area contributed by atoms with Crippen molar-refractivity contribution in [2.75, 3.05) is 26.4 Å². The molecule has 0 radical (unpaired) electrons. The van der Waals surface area contributed by atoms with Crippen LogP contribution in [0.4, 0.5) is 0 Å². The van der Waals surface area contributed by atoms with Crippen LogP contribution in [0.5, 0.6) is 0 Å². The highest BCUT2D eigenvalue weighted by Crippen LogP contribution is 2.26. The Labute approximate surface area is 371 Å². The van der Waals surface area contributed by atoms with Crippen LogP contribution in [-0.4, -0.2) is 142 Å². The van der Waals surface area contributed by atoms with E-state index in [2.05, 4.69) is 38.2 Å². The fourth-order valence-corrected chi connectivity index (χ4v) is 7.42. The van der Waals surface area contributed by atoms with E-state index in [9.17, 15) is 45.3 Å². The third kappa shape index (κ3) is 23.8. The van der Waals surface area contributed by atoms with Gasteiger partial charge in [0.1, 0.15) is 55.4 Å². The highest BCUT2D eigenvalue weighted by Gasteiger charge is 2.47. The van der Waals surface area contributed by atoms with Gasteiger partial charge in [-0.15, -0.1) is 0 Å². The Morgan fingerprint density at radius 1 is 0.516 bits per heavy atom. The molecule has 11 unspecified atom stereocenters. The zero-order valence-corrected chi connectivity index (χ0v) is 37.9. The standard InChI is InChI=1S/C47H84O15/c1-3-5-7-9-11-13-14-15-16-17-18-19-20-21-22-24-26-28-30-39(50)60-35(32-57-38(49)29-27-25-23-12-10-8-6-4-2)33-58-46-45(56)43(54)41(52)37(62-46)34-59-47-44(55)42(53)40(51)36(31-48)61-47/h13-14,16-17,35-37,40-48,51-56H,3-12,15,18-34H2,1-2H3/b14-13-,17-16-.